The minimum Gasteiger partial charge on any atom is -0.497 e. The van der Waals surface area contributed by atoms with Crippen molar-refractivity contribution in [3.05, 3.63) is 89.2 Å². The molecule has 4 aromatic rings. The number of aliphatic hydroxyl groups is 1. The molecule has 0 fully saturated rings. The molecule has 152 valence electrons. The van der Waals surface area contributed by atoms with Crippen LogP contribution in [0.1, 0.15) is 0 Å². The Balaban J connectivity index is 1.63. The molecule has 2 N–H and O–H groups in total. The Bertz CT molecular complexity index is 1210. The third kappa shape index (κ3) is 4.18. The average molecular weight is 401 g/mol. The Morgan fingerprint density at radius 1 is 1.03 bits per heavy atom. The molecule has 6 nitrogen and oxygen atoms in total. The summed E-state index contributed by atoms with van der Waals surface area (Å²) in [6, 6.07) is 24.3. The van der Waals surface area contributed by atoms with Gasteiger partial charge in [-0.25, -0.2) is 4.98 Å². The van der Waals surface area contributed by atoms with Gasteiger partial charge in [-0.3, -0.25) is 9.36 Å². The van der Waals surface area contributed by atoms with Gasteiger partial charge in [0.15, 0.2) is 0 Å². The van der Waals surface area contributed by atoms with Gasteiger partial charge in [0.25, 0.3) is 5.56 Å². The molecule has 0 spiro atoms. The minimum absolute atomic E-state index is 0.123. The molecule has 0 amide bonds. The van der Waals surface area contributed by atoms with Gasteiger partial charge in [-0.05, 0) is 24.3 Å². The summed E-state index contributed by atoms with van der Waals surface area (Å²) in [7, 11) is 1.61. The second kappa shape index (κ2) is 8.80. The van der Waals surface area contributed by atoms with Crippen molar-refractivity contribution in [2.24, 2.45) is 0 Å². The Hall–Kier alpha value is -3.64. The highest BCUT2D eigenvalue weighted by atomic mass is 16.5. The van der Waals surface area contributed by atoms with Gasteiger partial charge in [-0.1, -0.05) is 48.5 Å². The van der Waals surface area contributed by atoms with E-state index >= 15 is 0 Å². The number of nitrogens with zero attached hydrogens (tertiary/aromatic N) is 2. The van der Waals surface area contributed by atoms with E-state index in [4.69, 9.17) is 9.72 Å². The Labute approximate surface area is 174 Å². The Kier molecular flexibility index (Phi) is 5.77. The van der Waals surface area contributed by atoms with E-state index in [9.17, 15) is 9.90 Å². The summed E-state index contributed by atoms with van der Waals surface area (Å²) in [5, 5.41) is 14.4. The Morgan fingerprint density at radius 3 is 2.60 bits per heavy atom. The lowest BCUT2D eigenvalue weighted by Crippen LogP contribution is -2.32. The molecule has 1 atom stereocenters. The quantitative estimate of drug-likeness (QED) is 0.495. The van der Waals surface area contributed by atoms with Crippen LogP contribution >= 0.6 is 0 Å². The van der Waals surface area contributed by atoms with E-state index in [2.05, 4.69) is 5.32 Å². The van der Waals surface area contributed by atoms with Crippen LogP contribution in [-0.2, 0) is 6.54 Å². The first-order valence-corrected chi connectivity index (χ1v) is 9.76. The summed E-state index contributed by atoms with van der Waals surface area (Å²) in [6.07, 6.45) is -0.792. The highest BCUT2D eigenvalue weighted by molar-refractivity contribution is 5.79. The zero-order chi connectivity index (χ0) is 20.9. The van der Waals surface area contributed by atoms with Gasteiger partial charge in [0.1, 0.15) is 11.6 Å². The number of aliphatic hydroxyl groups excluding tert-OH is 1. The molecule has 6 heteroatoms. The summed E-state index contributed by atoms with van der Waals surface area (Å²) in [4.78, 5) is 17.9. The van der Waals surface area contributed by atoms with Gasteiger partial charge in [-0.15, -0.1) is 0 Å². The summed E-state index contributed by atoms with van der Waals surface area (Å²) < 4.78 is 6.77. The number of hydrogen-bond acceptors (Lipinski definition) is 5. The fraction of sp³-hybridized carbons (Fsp3) is 0.167. The molecule has 1 heterocycles. The van der Waals surface area contributed by atoms with Crippen LogP contribution in [0.15, 0.2) is 83.7 Å². The molecule has 30 heavy (non-hydrogen) atoms. The summed E-state index contributed by atoms with van der Waals surface area (Å²) in [5.74, 6) is 1.27. The predicted molar refractivity (Wildman–Crippen MR) is 119 cm³/mol. The zero-order valence-corrected chi connectivity index (χ0v) is 16.7. The van der Waals surface area contributed by atoms with E-state index in [0.29, 0.717) is 16.7 Å². The number of para-hydroxylation sites is 1. The number of benzene rings is 3. The molecule has 3 aromatic carbocycles. The predicted octanol–water partition coefficient (Wildman–Crippen LogP) is 3.55. The molecule has 1 unspecified atom stereocenters. The standard InChI is InChI=1S/C24H23N3O3/c1-30-20-11-7-10-18(14-20)25-15-19(28)16-27-23(17-8-3-2-4-9-17)26-22-13-6-5-12-21(22)24(27)29/h2-14,19,25,28H,15-16H2,1H3. The lowest BCUT2D eigenvalue weighted by molar-refractivity contribution is 0.165. The van der Waals surface area contributed by atoms with Gasteiger partial charge in [0.05, 0.1) is 30.7 Å². The van der Waals surface area contributed by atoms with E-state index in [-0.39, 0.29) is 18.6 Å². The van der Waals surface area contributed by atoms with Crippen molar-refractivity contribution >= 4 is 16.6 Å². The molecular weight excluding hydrogens is 378 g/mol. The third-order valence-electron chi connectivity index (χ3n) is 4.90. The maximum atomic E-state index is 13.2. The number of fused-ring (bicyclic) bond motifs is 1. The first-order chi connectivity index (χ1) is 14.7. The number of ether oxygens (including phenoxy) is 1. The first kappa shape index (κ1) is 19.7. The van der Waals surface area contributed by atoms with Gasteiger partial charge in [-0.2, -0.15) is 0 Å². The fourth-order valence-corrected chi connectivity index (χ4v) is 3.39. The number of rotatable bonds is 7. The van der Waals surface area contributed by atoms with Crippen LogP contribution in [0.25, 0.3) is 22.3 Å². The summed E-state index contributed by atoms with van der Waals surface area (Å²) in [6.45, 7) is 0.401. The minimum atomic E-state index is -0.792. The molecule has 0 aliphatic rings. The van der Waals surface area contributed by atoms with Crippen molar-refractivity contribution in [2.75, 3.05) is 19.0 Å². The average Bonchev–Trinajstić information content (AvgIpc) is 2.80. The van der Waals surface area contributed by atoms with Crippen LogP contribution in [0.5, 0.6) is 5.75 Å². The van der Waals surface area contributed by atoms with Crippen molar-refractivity contribution < 1.29 is 9.84 Å². The molecule has 0 radical (unpaired) electrons. The largest absolute Gasteiger partial charge is 0.497 e. The number of hydrogen-bond donors (Lipinski definition) is 2. The number of nitrogens with one attached hydrogen (secondary N) is 1. The number of aromatic nitrogens is 2. The molecule has 0 aliphatic heterocycles. The van der Waals surface area contributed by atoms with Crippen LogP contribution in [0, 0.1) is 0 Å². The second-order valence-corrected chi connectivity index (χ2v) is 7.00. The van der Waals surface area contributed by atoms with Gasteiger partial charge in [0, 0.05) is 23.9 Å². The molecule has 0 aliphatic carbocycles. The molecular formula is C24H23N3O3. The lowest BCUT2D eigenvalue weighted by atomic mass is 10.1. The zero-order valence-electron chi connectivity index (χ0n) is 16.7. The van der Waals surface area contributed by atoms with Crippen LogP contribution in [-0.4, -0.2) is 34.4 Å². The lowest BCUT2D eigenvalue weighted by Gasteiger charge is -2.18. The molecule has 1 aromatic heterocycles. The topological polar surface area (TPSA) is 76.4 Å². The van der Waals surface area contributed by atoms with Crippen molar-refractivity contribution in [2.45, 2.75) is 12.6 Å². The van der Waals surface area contributed by atoms with E-state index in [1.807, 2.05) is 72.8 Å². The highest BCUT2D eigenvalue weighted by Gasteiger charge is 2.16. The SMILES string of the molecule is COc1cccc(NCC(O)Cn2c(-c3ccccc3)nc3ccccc3c2=O)c1. The molecule has 0 saturated carbocycles. The van der Waals surface area contributed by atoms with Crippen LogP contribution in [0.2, 0.25) is 0 Å². The normalized spacial score (nSPS) is 11.9. The molecule has 0 bridgehead atoms. The highest BCUT2D eigenvalue weighted by Crippen LogP contribution is 2.20. The molecule has 4 rings (SSSR count). The van der Waals surface area contributed by atoms with Gasteiger partial charge >= 0.3 is 0 Å². The summed E-state index contributed by atoms with van der Waals surface area (Å²) >= 11 is 0. The smallest absolute Gasteiger partial charge is 0.261 e. The van der Waals surface area contributed by atoms with Crippen LogP contribution < -0.4 is 15.6 Å². The van der Waals surface area contributed by atoms with Gasteiger partial charge in [0.2, 0.25) is 0 Å². The van der Waals surface area contributed by atoms with E-state index in [1.54, 1.807) is 17.7 Å². The van der Waals surface area contributed by atoms with Crippen molar-refractivity contribution in [3.63, 3.8) is 0 Å². The van der Waals surface area contributed by atoms with Crippen molar-refractivity contribution in [1.82, 2.24) is 9.55 Å². The van der Waals surface area contributed by atoms with Gasteiger partial charge < -0.3 is 15.2 Å². The number of methoxy groups -OCH3 is 1. The van der Waals surface area contributed by atoms with E-state index in [1.165, 1.54) is 0 Å². The fourth-order valence-electron chi connectivity index (χ4n) is 3.39. The van der Waals surface area contributed by atoms with Crippen molar-refractivity contribution in [3.8, 4) is 17.1 Å². The second-order valence-electron chi connectivity index (χ2n) is 7.00. The Morgan fingerprint density at radius 2 is 1.80 bits per heavy atom. The van der Waals surface area contributed by atoms with Crippen LogP contribution in [0.3, 0.4) is 0 Å². The summed E-state index contributed by atoms with van der Waals surface area (Å²) in [5.41, 5.74) is 2.13. The molecule has 0 saturated heterocycles. The first-order valence-electron chi connectivity index (χ1n) is 9.76. The maximum absolute atomic E-state index is 13.2. The van der Waals surface area contributed by atoms with E-state index < -0.39 is 6.10 Å². The monoisotopic (exact) mass is 401 g/mol. The van der Waals surface area contributed by atoms with Crippen LogP contribution in [0.4, 0.5) is 5.69 Å². The maximum Gasteiger partial charge on any atom is 0.261 e. The number of anilines is 1. The van der Waals surface area contributed by atoms with E-state index in [0.717, 1.165) is 17.0 Å². The van der Waals surface area contributed by atoms with Crippen molar-refractivity contribution in [1.29, 1.82) is 0 Å². The third-order valence-corrected chi connectivity index (χ3v) is 4.90.